The van der Waals surface area contributed by atoms with E-state index in [4.69, 9.17) is 0 Å². The molecule has 0 radical (unpaired) electrons. The largest absolute Gasteiger partial charge is 0.329 e. The Morgan fingerprint density at radius 1 is 1.54 bits per heavy atom. The van der Waals surface area contributed by atoms with Crippen molar-refractivity contribution in [3.63, 3.8) is 0 Å². The Bertz CT molecular complexity index is 435. The molecule has 0 bridgehead atoms. The van der Waals surface area contributed by atoms with Crippen molar-refractivity contribution in [2.45, 2.75) is 6.54 Å². The lowest BCUT2D eigenvalue weighted by molar-refractivity contribution is 0.587. The maximum Gasteiger partial charge on any atom is 0.252 e. The van der Waals surface area contributed by atoms with Crippen LogP contribution in [-0.4, -0.2) is 19.7 Å². The van der Waals surface area contributed by atoms with Crippen molar-refractivity contribution in [2.24, 2.45) is 0 Å². The van der Waals surface area contributed by atoms with Gasteiger partial charge in [-0.05, 0) is 6.07 Å². The minimum atomic E-state index is -3.24. The van der Waals surface area contributed by atoms with E-state index in [-0.39, 0.29) is 12.1 Å². The Hall–Kier alpha value is -1.14. The number of pyridine rings is 1. The molecule has 0 atom stereocenters. The summed E-state index contributed by atoms with van der Waals surface area (Å²) in [5.74, 6) is 0. The van der Waals surface area contributed by atoms with Crippen molar-refractivity contribution in [3.05, 3.63) is 34.2 Å². The topological polar surface area (TPSA) is 79.0 Å². The van der Waals surface area contributed by atoms with Gasteiger partial charge < -0.3 is 4.98 Å². The van der Waals surface area contributed by atoms with Gasteiger partial charge in [-0.3, -0.25) is 4.79 Å². The van der Waals surface area contributed by atoms with E-state index >= 15 is 0 Å². The molecule has 72 valence electrons. The highest BCUT2D eigenvalue weighted by Gasteiger charge is 2.02. The summed E-state index contributed by atoms with van der Waals surface area (Å²) < 4.78 is 23.6. The summed E-state index contributed by atoms with van der Waals surface area (Å²) in [7, 11) is -3.24. The molecular weight excluding hydrogens is 192 g/mol. The SMILES string of the molecule is CS(=O)(=O)NCc1ccc[nH]c1=O. The van der Waals surface area contributed by atoms with Crippen LogP contribution in [0.5, 0.6) is 0 Å². The number of aromatic amines is 1. The van der Waals surface area contributed by atoms with Crippen LogP contribution in [0, 0.1) is 0 Å². The molecule has 13 heavy (non-hydrogen) atoms. The zero-order chi connectivity index (χ0) is 9.90. The van der Waals surface area contributed by atoms with Gasteiger partial charge in [0.1, 0.15) is 0 Å². The van der Waals surface area contributed by atoms with Gasteiger partial charge in [-0.25, -0.2) is 13.1 Å². The van der Waals surface area contributed by atoms with Crippen LogP contribution in [0.3, 0.4) is 0 Å². The lowest BCUT2D eigenvalue weighted by Crippen LogP contribution is -2.25. The molecular formula is C7H10N2O3S. The number of hydrogen-bond acceptors (Lipinski definition) is 3. The predicted molar refractivity (Wildman–Crippen MR) is 48.7 cm³/mol. The van der Waals surface area contributed by atoms with Crippen LogP contribution in [0.25, 0.3) is 0 Å². The van der Waals surface area contributed by atoms with Gasteiger partial charge in [0.15, 0.2) is 0 Å². The van der Waals surface area contributed by atoms with Crippen molar-refractivity contribution >= 4 is 10.0 Å². The van der Waals surface area contributed by atoms with Crippen LogP contribution in [0.15, 0.2) is 23.1 Å². The van der Waals surface area contributed by atoms with Gasteiger partial charge in [0, 0.05) is 18.3 Å². The van der Waals surface area contributed by atoms with E-state index in [1.165, 1.54) is 6.20 Å². The van der Waals surface area contributed by atoms with Crippen molar-refractivity contribution in [1.82, 2.24) is 9.71 Å². The predicted octanol–water partition coefficient (Wildman–Crippen LogP) is -0.576. The maximum absolute atomic E-state index is 11.0. The van der Waals surface area contributed by atoms with E-state index < -0.39 is 10.0 Å². The standard InChI is InChI=1S/C7H10N2O3S/c1-13(11,12)9-5-6-3-2-4-8-7(6)10/h2-4,9H,5H2,1H3,(H,8,10). The first-order valence-corrected chi connectivity index (χ1v) is 5.49. The van der Waals surface area contributed by atoms with E-state index in [1.54, 1.807) is 12.1 Å². The molecule has 2 N–H and O–H groups in total. The molecule has 1 rings (SSSR count). The Labute approximate surface area is 75.9 Å². The highest BCUT2D eigenvalue weighted by molar-refractivity contribution is 7.88. The van der Waals surface area contributed by atoms with Crippen molar-refractivity contribution < 1.29 is 8.42 Å². The van der Waals surface area contributed by atoms with Gasteiger partial charge in [-0.2, -0.15) is 0 Å². The fourth-order valence-electron chi connectivity index (χ4n) is 0.805. The highest BCUT2D eigenvalue weighted by Crippen LogP contribution is 1.89. The van der Waals surface area contributed by atoms with E-state index in [0.29, 0.717) is 5.56 Å². The van der Waals surface area contributed by atoms with Gasteiger partial charge in [0.25, 0.3) is 5.56 Å². The second-order valence-corrected chi connectivity index (χ2v) is 4.45. The number of hydrogen-bond donors (Lipinski definition) is 2. The van der Waals surface area contributed by atoms with Crippen molar-refractivity contribution in [1.29, 1.82) is 0 Å². The first-order chi connectivity index (χ1) is 5.99. The Morgan fingerprint density at radius 3 is 2.77 bits per heavy atom. The van der Waals surface area contributed by atoms with E-state index in [1.807, 2.05) is 0 Å². The molecule has 5 nitrogen and oxygen atoms in total. The van der Waals surface area contributed by atoms with Crippen LogP contribution in [-0.2, 0) is 16.6 Å². The Morgan fingerprint density at radius 2 is 2.23 bits per heavy atom. The molecule has 1 heterocycles. The smallest absolute Gasteiger partial charge is 0.252 e. The second kappa shape index (κ2) is 3.71. The third kappa shape index (κ3) is 3.39. The Balaban J connectivity index is 2.77. The third-order valence-corrected chi connectivity index (χ3v) is 2.09. The lowest BCUT2D eigenvalue weighted by Gasteiger charge is -2.00. The Kier molecular flexibility index (Phi) is 2.84. The van der Waals surface area contributed by atoms with Crippen LogP contribution >= 0.6 is 0 Å². The summed E-state index contributed by atoms with van der Waals surface area (Å²) >= 11 is 0. The molecule has 0 saturated carbocycles. The molecule has 0 saturated heterocycles. The zero-order valence-corrected chi connectivity index (χ0v) is 7.89. The number of sulfonamides is 1. The van der Waals surface area contributed by atoms with Crippen molar-refractivity contribution in [2.75, 3.05) is 6.26 Å². The fourth-order valence-corrected chi connectivity index (χ4v) is 1.22. The summed E-state index contributed by atoms with van der Waals surface area (Å²) in [6, 6.07) is 3.21. The molecule has 1 aromatic heterocycles. The molecule has 0 spiro atoms. The average Bonchev–Trinajstić information content (AvgIpc) is 2.01. The van der Waals surface area contributed by atoms with Crippen LogP contribution in [0.4, 0.5) is 0 Å². The van der Waals surface area contributed by atoms with E-state index in [9.17, 15) is 13.2 Å². The number of aromatic nitrogens is 1. The van der Waals surface area contributed by atoms with Crippen LogP contribution < -0.4 is 10.3 Å². The van der Waals surface area contributed by atoms with Gasteiger partial charge in [0.2, 0.25) is 10.0 Å². The summed E-state index contributed by atoms with van der Waals surface area (Å²) in [6.07, 6.45) is 2.54. The quantitative estimate of drug-likeness (QED) is 0.688. The summed E-state index contributed by atoms with van der Waals surface area (Å²) in [4.78, 5) is 13.5. The molecule has 0 aliphatic carbocycles. The number of nitrogens with one attached hydrogen (secondary N) is 2. The minimum absolute atomic E-state index is 0.0228. The zero-order valence-electron chi connectivity index (χ0n) is 7.07. The molecule has 0 aromatic carbocycles. The molecule has 0 aliphatic rings. The maximum atomic E-state index is 11.0. The van der Waals surface area contributed by atoms with Gasteiger partial charge in [0.05, 0.1) is 6.26 Å². The number of rotatable bonds is 3. The first kappa shape index (κ1) is 9.94. The highest BCUT2D eigenvalue weighted by atomic mass is 32.2. The summed E-state index contributed by atoms with van der Waals surface area (Å²) in [5, 5.41) is 0. The first-order valence-electron chi connectivity index (χ1n) is 3.60. The third-order valence-electron chi connectivity index (χ3n) is 1.42. The molecule has 0 aliphatic heterocycles. The normalized spacial score (nSPS) is 11.5. The molecule has 0 amide bonds. The minimum Gasteiger partial charge on any atom is -0.329 e. The second-order valence-electron chi connectivity index (χ2n) is 2.62. The molecule has 0 unspecified atom stereocenters. The molecule has 1 aromatic rings. The molecule has 6 heteroatoms. The van der Waals surface area contributed by atoms with Gasteiger partial charge in [-0.15, -0.1) is 0 Å². The van der Waals surface area contributed by atoms with Crippen LogP contribution in [0.1, 0.15) is 5.56 Å². The average molecular weight is 202 g/mol. The van der Waals surface area contributed by atoms with Gasteiger partial charge >= 0.3 is 0 Å². The van der Waals surface area contributed by atoms with E-state index in [2.05, 4.69) is 9.71 Å². The monoisotopic (exact) mass is 202 g/mol. The lowest BCUT2D eigenvalue weighted by atomic mass is 10.3. The summed E-state index contributed by atoms with van der Waals surface area (Å²) in [6.45, 7) is 0.0228. The number of H-pyrrole nitrogens is 1. The van der Waals surface area contributed by atoms with Gasteiger partial charge in [-0.1, -0.05) is 6.07 Å². The fraction of sp³-hybridized carbons (Fsp3) is 0.286. The van der Waals surface area contributed by atoms with Crippen LogP contribution in [0.2, 0.25) is 0 Å². The summed E-state index contributed by atoms with van der Waals surface area (Å²) in [5.41, 5.74) is 0.117. The van der Waals surface area contributed by atoms with E-state index in [0.717, 1.165) is 6.26 Å². The van der Waals surface area contributed by atoms with Crippen molar-refractivity contribution in [3.8, 4) is 0 Å². The molecule has 0 fully saturated rings.